The lowest BCUT2D eigenvalue weighted by Gasteiger charge is -2.12. The third kappa shape index (κ3) is 3.89. The molecule has 1 aromatic carbocycles. The molecule has 0 amide bonds. The quantitative estimate of drug-likeness (QED) is 0.841. The molecule has 2 rings (SSSR count). The molecule has 0 bridgehead atoms. The Morgan fingerprint density at radius 2 is 2.05 bits per heavy atom. The number of thiocarbonyl (C=S) groups is 1. The van der Waals surface area contributed by atoms with E-state index >= 15 is 0 Å². The number of benzene rings is 1. The summed E-state index contributed by atoms with van der Waals surface area (Å²) in [7, 11) is 0. The van der Waals surface area contributed by atoms with E-state index in [0.717, 1.165) is 5.56 Å². The molecule has 3 N–H and O–H groups in total. The second-order valence-corrected chi connectivity index (χ2v) is 4.21. The molecule has 19 heavy (non-hydrogen) atoms. The van der Waals surface area contributed by atoms with Gasteiger partial charge in [0.05, 0.1) is 5.69 Å². The third-order valence-electron chi connectivity index (χ3n) is 2.34. The fourth-order valence-electron chi connectivity index (χ4n) is 1.50. The van der Waals surface area contributed by atoms with Gasteiger partial charge in [0.25, 0.3) is 0 Å². The molecule has 4 nitrogen and oxygen atoms in total. The van der Waals surface area contributed by atoms with Crippen LogP contribution in [0.4, 0.5) is 10.1 Å². The first-order valence-corrected chi connectivity index (χ1v) is 5.93. The van der Waals surface area contributed by atoms with Crippen molar-refractivity contribution in [1.82, 2.24) is 4.98 Å². The fourth-order valence-corrected chi connectivity index (χ4v) is 1.61. The fraction of sp³-hybridized carbons (Fsp3) is 0.0769. The van der Waals surface area contributed by atoms with Gasteiger partial charge in [0.1, 0.15) is 18.2 Å². The van der Waals surface area contributed by atoms with Crippen LogP contribution in [-0.4, -0.2) is 10.1 Å². The van der Waals surface area contributed by atoms with Crippen molar-refractivity contribution >= 4 is 23.0 Å². The van der Waals surface area contributed by atoms with Crippen LogP contribution in [0.25, 0.3) is 0 Å². The summed E-state index contributed by atoms with van der Waals surface area (Å²) in [6.45, 7) is 0.347. The van der Waals surface area contributed by atoms with Gasteiger partial charge in [-0.3, -0.25) is 4.98 Å². The molecule has 0 saturated heterocycles. The van der Waals surface area contributed by atoms with Crippen LogP contribution in [-0.2, 0) is 6.61 Å². The second-order valence-electron chi connectivity index (χ2n) is 3.77. The molecule has 98 valence electrons. The first-order valence-electron chi connectivity index (χ1n) is 5.53. The van der Waals surface area contributed by atoms with Crippen molar-refractivity contribution in [3.05, 3.63) is 54.1 Å². The Labute approximate surface area is 115 Å². The summed E-state index contributed by atoms with van der Waals surface area (Å²) in [4.78, 5) is 3.92. The average molecular weight is 277 g/mol. The standard InChI is InChI=1S/C13H12FN3OS/c14-10-1-2-12(11(7-10)17-13(15)19)18-8-9-3-5-16-6-4-9/h1-7H,8H2,(H3,15,17,19). The van der Waals surface area contributed by atoms with Gasteiger partial charge >= 0.3 is 0 Å². The molecular formula is C13H12FN3OS. The average Bonchev–Trinajstić information content (AvgIpc) is 2.38. The van der Waals surface area contributed by atoms with Gasteiger partial charge in [0, 0.05) is 18.5 Å². The minimum atomic E-state index is -0.394. The largest absolute Gasteiger partial charge is 0.487 e. The van der Waals surface area contributed by atoms with Crippen molar-refractivity contribution in [3.8, 4) is 5.75 Å². The number of aromatic nitrogens is 1. The second kappa shape index (κ2) is 6.10. The van der Waals surface area contributed by atoms with E-state index in [1.165, 1.54) is 18.2 Å². The van der Waals surface area contributed by atoms with Gasteiger partial charge in [-0.2, -0.15) is 0 Å². The predicted molar refractivity (Wildman–Crippen MR) is 75.4 cm³/mol. The summed E-state index contributed by atoms with van der Waals surface area (Å²) in [5.74, 6) is 0.0843. The van der Waals surface area contributed by atoms with Crippen molar-refractivity contribution in [2.45, 2.75) is 6.61 Å². The number of halogens is 1. The highest BCUT2D eigenvalue weighted by molar-refractivity contribution is 7.80. The molecule has 0 aliphatic rings. The van der Waals surface area contributed by atoms with E-state index in [4.69, 9.17) is 22.7 Å². The van der Waals surface area contributed by atoms with E-state index in [-0.39, 0.29) is 5.11 Å². The number of nitrogens with two attached hydrogens (primary N) is 1. The van der Waals surface area contributed by atoms with Gasteiger partial charge in [0.15, 0.2) is 5.11 Å². The Morgan fingerprint density at radius 3 is 2.74 bits per heavy atom. The lowest BCUT2D eigenvalue weighted by molar-refractivity contribution is 0.307. The number of hydrogen-bond donors (Lipinski definition) is 2. The van der Waals surface area contributed by atoms with E-state index in [0.29, 0.717) is 18.0 Å². The van der Waals surface area contributed by atoms with Crippen molar-refractivity contribution in [1.29, 1.82) is 0 Å². The normalized spacial score (nSPS) is 9.95. The Balaban J connectivity index is 2.13. The molecule has 0 spiro atoms. The summed E-state index contributed by atoms with van der Waals surface area (Å²) < 4.78 is 18.8. The summed E-state index contributed by atoms with van der Waals surface area (Å²) in [5.41, 5.74) is 6.75. The van der Waals surface area contributed by atoms with Crippen molar-refractivity contribution in [2.24, 2.45) is 5.73 Å². The van der Waals surface area contributed by atoms with Gasteiger partial charge < -0.3 is 15.8 Å². The zero-order chi connectivity index (χ0) is 13.7. The Morgan fingerprint density at radius 1 is 1.32 bits per heavy atom. The number of nitrogens with one attached hydrogen (secondary N) is 1. The maximum atomic E-state index is 13.2. The van der Waals surface area contributed by atoms with E-state index in [9.17, 15) is 4.39 Å². The van der Waals surface area contributed by atoms with Gasteiger partial charge in [-0.1, -0.05) is 0 Å². The van der Waals surface area contributed by atoms with Crippen LogP contribution in [0.5, 0.6) is 5.75 Å². The van der Waals surface area contributed by atoms with Crippen molar-refractivity contribution < 1.29 is 9.13 Å². The van der Waals surface area contributed by atoms with Crippen molar-refractivity contribution in [3.63, 3.8) is 0 Å². The summed E-state index contributed by atoms with van der Waals surface area (Å²) >= 11 is 4.74. The number of ether oxygens (including phenoxy) is 1. The number of hydrogen-bond acceptors (Lipinski definition) is 3. The van der Waals surface area contributed by atoms with E-state index in [1.807, 2.05) is 12.1 Å². The maximum Gasteiger partial charge on any atom is 0.168 e. The first kappa shape index (κ1) is 13.2. The summed E-state index contributed by atoms with van der Waals surface area (Å²) in [5, 5.41) is 2.74. The molecule has 1 aromatic heterocycles. The number of rotatable bonds is 4. The maximum absolute atomic E-state index is 13.2. The van der Waals surface area contributed by atoms with Crippen LogP contribution in [0.15, 0.2) is 42.7 Å². The molecule has 0 radical (unpaired) electrons. The Hall–Kier alpha value is -2.21. The zero-order valence-electron chi connectivity index (χ0n) is 9.97. The Bertz CT molecular complexity index is 577. The van der Waals surface area contributed by atoms with Crippen LogP contribution >= 0.6 is 12.2 Å². The van der Waals surface area contributed by atoms with Gasteiger partial charge in [-0.05, 0) is 42.0 Å². The molecule has 0 unspecified atom stereocenters. The molecule has 0 aliphatic heterocycles. The molecular weight excluding hydrogens is 265 g/mol. The molecule has 2 aromatic rings. The monoisotopic (exact) mass is 277 g/mol. The molecule has 0 saturated carbocycles. The number of pyridine rings is 1. The zero-order valence-corrected chi connectivity index (χ0v) is 10.8. The minimum Gasteiger partial charge on any atom is -0.487 e. The Kier molecular flexibility index (Phi) is 4.25. The molecule has 6 heteroatoms. The molecule has 0 aliphatic carbocycles. The topological polar surface area (TPSA) is 60.2 Å². The van der Waals surface area contributed by atoms with Crippen LogP contribution in [0.3, 0.4) is 0 Å². The van der Waals surface area contributed by atoms with Crippen LogP contribution in [0, 0.1) is 5.82 Å². The van der Waals surface area contributed by atoms with Crippen LogP contribution in [0.1, 0.15) is 5.56 Å². The van der Waals surface area contributed by atoms with Crippen LogP contribution in [0.2, 0.25) is 0 Å². The molecule has 0 fully saturated rings. The highest BCUT2D eigenvalue weighted by atomic mass is 32.1. The molecule has 1 heterocycles. The minimum absolute atomic E-state index is 0.0550. The lowest BCUT2D eigenvalue weighted by Crippen LogP contribution is -2.19. The number of anilines is 1. The van der Waals surface area contributed by atoms with Gasteiger partial charge in [-0.15, -0.1) is 0 Å². The summed E-state index contributed by atoms with van der Waals surface area (Å²) in [6.07, 6.45) is 3.36. The van der Waals surface area contributed by atoms with Gasteiger partial charge in [0.2, 0.25) is 0 Å². The van der Waals surface area contributed by atoms with E-state index in [1.54, 1.807) is 12.4 Å². The highest BCUT2D eigenvalue weighted by Crippen LogP contribution is 2.26. The number of nitrogens with zero attached hydrogens (tertiary/aromatic N) is 1. The summed E-state index contributed by atoms with van der Waals surface area (Å²) in [6, 6.07) is 7.79. The van der Waals surface area contributed by atoms with E-state index < -0.39 is 5.82 Å². The van der Waals surface area contributed by atoms with Gasteiger partial charge in [-0.25, -0.2) is 4.39 Å². The van der Waals surface area contributed by atoms with Crippen LogP contribution < -0.4 is 15.8 Å². The SMILES string of the molecule is NC(=S)Nc1cc(F)ccc1OCc1ccncc1. The first-order chi connectivity index (χ1) is 9.15. The van der Waals surface area contributed by atoms with E-state index in [2.05, 4.69) is 10.3 Å². The molecule has 0 atom stereocenters. The highest BCUT2D eigenvalue weighted by Gasteiger charge is 2.06. The smallest absolute Gasteiger partial charge is 0.168 e. The van der Waals surface area contributed by atoms with Crippen molar-refractivity contribution in [2.75, 3.05) is 5.32 Å². The predicted octanol–water partition coefficient (Wildman–Crippen LogP) is 2.46. The third-order valence-corrected chi connectivity index (χ3v) is 2.45. The lowest BCUT2D eigenvalue weighted by atomic mass is 10.2.